The van der Waals surface area contributed by atoms with Gasteiger partial charge in [-0.1, -0.05) is 6.07 Å². The number of carbonyl (C=O) groups excluding carboxylic acids is 1. The summed E-state index contributed by atoms with van der Waals surface area (Å²) in [5.41, 5.74) is 1.14. The summed E-state index contributed by atoms with van der Waals surface area (Å²) in [5, 5.41) is 0. The van der Waals surface area contributed by atoms with Crippen molar-refractivity contribution in [2.45, 2.75) is 25.2 Å². The minimum Gasteiger partial charge on any atom is -0.293 e. The molecule has 108 valence electrons. The number of pyridine rings is 1. The lowest BCUT2D eigenvalue weighted by Crippen LogP contribution is -2.21. The Labute approximate surface area is 119 Å². The van der Waals surface area contributed by atoms with Crippen molar-refractivity contribution >= 4 is 5.78 Å². The molecule has 3 rings (SSSR count). The number of aromatic nitrogens is 1. The average molecular weight is 291 g/mol. The molecule has 1 aliphatic rings. The van der Waals surface area contributed by atoms with Crippen LogP contribution in [0.25, 0.3) is 0 Å². The van der Waals surface area contributed by atoms with Crippen molar-refractivity contribution < 1.29 is 18.0 Å². The standard InChI is InChI=1S/C16H12F3NO/c17-12-7-6-10(13(18)14(12)19)16(21)11-5-1-3-9-4-2-8-20-15(9)11/h2,4,6-8,11H,1,3,5H2. The fourth-order valence-corrected chi connectivity index (χ4v) is 2.77. The third-order valence-electron chi connectivity index (χ3n) is 3.81. The minimum absolute atomic E-state index is 0.419. The summed E-state index contributed by atoms with van der Waals surface area (Å²) < 4.78 is 40.0. The van der Waals surface area contributed by atoms with E-state index in [2.05, 4.69) is 4.98 Å². The van der Waals surface area contributed by atoms with E-state index < -0.39 is 34.7 Å². The molecule has 1 unspecified atom stereocenters. The molecule has 2 nitrogen and oxygen atoms in total. The molecular weight excluding hydrogens is 279 g/mol. The summed E-state index contributed by atoms with van der Waals surface area (Å²) in [5.74, 6) is -5.49. The number of hydrogen-bond acceptors (Lipinski definition) is 2. The number of aryl methyl sites for hydroxylation is 1. The Morgan fingerprint density at radius 2 is 1.95 bits per heavy atom. The second-order valence-electron chi connectivity index (χ2n) is 5.08. The SMILES string of the molecule is O=C(c1ccc(F)c(F)c1F)C1CCCc2cccnc21. The van der Waals surface area contributed by atoms with Crippen molar-refractivity contribution in [2.75, 3.05) is 0 Å². The van der Waals surface area contributed by atoms with Gasteiger partial charge >= 0.3 is 0 Å². The van der Waals surface area contributed by atoms with E-state index in [4.69, 9.17) is 0 Å². The molecule has 1 aromatic carbocycles. The predicted molar refractivity (Wildman–Crippen MR) is 70.6 cm³/mol. The molecule has 5 heteroatoms. The molecule has 1 aromatic heterocycles. The van der Waals surface area contributed by atoms with Crippen molar-refractivity contribution in [1.29, 1.82) is 0 Å². The van der Waals surface area contributed by atoms with E-state index in [0.29, 0.717) is 12.1 Å². The molecule has 0 saturated carbocycles. The highest BCUT2D eigenvalue weighted by Crippen LogP contribution is 2.33. The molecule has 1 heterocycles. The van der Waals surface area contributed by atoms with Gasteiger partial charge in [-0.05, 0) is 43.0 Å². The first-order valence-corrected chi connectivity index (χ1v) is 6.71. The van der Waals surface area contributed by atoms with Crippen LogP contribution in [0.5, 0.6) is 0 Å². The van der Waals surface area contributed by atoms with Crippen LogP contribution in [0.1, 0.15) is 40.4 Å². The van der Waals surface area contributed by atoms with E-state index in [1.807, 2.05) is 6.07 Å². The Morgan fingerprint density at radius 3 is 2.76 bits per heavy atom. The first-order chi connectivity index (χ1) is 10.1. The Balaban J connectivity index is 2.03. The highest BCUT2D eigenvalue weighted by molar-refractivity contribution is 6.01. The largest absolute Gasteiger partial charge is 0.293 e. The van der Waals surface area contributed by atoms with Gasteiger partial charge in [-0.2, -0.15) is 0 Å². The van der Waals surface area contributed by atoms with E-state index in [0.717, 1.165) is 30.5 Å². The quantitative estimate of drug-likeness (QED) is 0.622. The number of carbonyl (C=O) groups is 1. The van der Waals surface area contributed by atoms with Gasteiger partial charge in [0.2, 0.25) is 0 Å². The van der Waals surface area contributed by atoms with Crippen molar-refractivity contribution in [1.82, 2.24) is 4.98 Å². The van der Waals surface area contributed by atoms with Gasteiger partial charge in [-0.3, -0.25) is 9.78 Å². The summed E-state index contributed by atoms with van der Waals surface area (Å²) in [6, 6.07) is 5.42. The van der Waals surface area contributed by atoms with Crippen LogP contribution in [-0.2, 0) is 6.42 Å². The van der Waals surface area contributed by atoms with Crippen LogP contribution in [0.15, 0.2) is 30.5 Å². The lowest BCUT2D eigenvalue weighted by Gasteiger charge is -2.23. The van der Waals surface area contributed by atoms with Gasteiger partial charge in [0.25, 0.3) is 0 Å². The second kappa shape index (κ2) is 5.31. The van der Waals surface area contributed by atoms with Crippen LogP contribution in [-0.4, -0.2) is 10.8 Å². The molecule has 0 fully saturated rings. The fraction of sp³-hybridized carbons (Fsp3) is 0.250. The third kappa shape index (κ3) is 2.33. The highest BCUT2D eigenvalue weighted by atomic mass is 19.2. The van der Waals surface area contributed by atoms with Crippen LogP contribution in [0, 0.1) is 17.5 Å². The predicted octanol–water partition coefficient (Wildman–Crippen LogP) is 3.80. The van der Waals surface area contributed by atoms with Crippen LogP contribution in [0.4, 0.5) is 13.2 Å². The van der Waals surface area contributed by atoms with Gasteiger partial charge in [0.05, 0.1) is 17.2 Å². The second-order valence-corrected chi connectivity index (χ2v) is 5.08. The van der Waals surface area contributed by atoms with Gasteiger partial charge in [-0.15, -0.1) is 0 Å². The van der Waals surface area contributed by atoms with E-state index in [1.54, 1.807) is 12.3 Å². The molecule has 1 aliphatic carbocycles. The Kier molecular flexibility index (Phi) is 3.49. The maximum absolute atomic E-state index is 13.8. The molecule has 0 aliphatic heterocycles. The maximum atomic E-state index is 13.8. The molecule has 0 bridgehead atoms. The molecular formula is C16H12F3NO. The molecule has 2 aromatic rings. The summed E-state index contributed by atoms with van der Waals surface area (Å²) in [7, 11) is 0. The number of ketones is 1. The van der Waals surface area contributed by atoms with Crippen molar-refractivity contribution in [2.24, 2.45) is 0 Å². The monoisotopic (exact) mass is 291 g/mol. The van der Waals surface area contributed by atoms with Crippen LogP contribution in [0.2, 0.25) is 0 Å². The molecule has 0 N–H and O–H groups in total. The summed E-state index contributed by atoms with van der Waals surface area (Å²) in [6.45, 7) is 0. The maximum Gasteiger partial charge on any atom is 0.195 e. The number of halogens is 3. The molecule has 0 saturated heterocycles. The lowest BCUT2D eigenvalue weighted by molar-refractivity contribution is 0.0943. The van der Waals surface area contributed by atoms with Crippen LogP contribution < -0.4 is 0 Å². The van der Waals surface area contributed by atoms with Gasteiger partial charge in [-0.25, -0.2) is 13.2 Å². The van der Waals surface area contributed by atoms with Gasteiger partial charge in [0.1, 0.15) is 0 Å². The summed E-state index contributed by atoms with van der Waals surface area (Å²) in [6.07, 6.45) is 3.70. The Morgan fingerprint density at radius 1 is 1.14 bits per heavy atom. The number of benzene rings is 1. The zero-order chi connectivity index (χ0) is 15.0. The number of fused-ring (bicyclic) bond motifs is 1. The van der Waals surface area contributed by atoms with Crippen molar-refractivity contribution in [3.63, 3.8) is 0 Å². The van der Waals surface area contributed by atoms with E-state index in [1.165, 1.54) is 0 Å². The number of hydrogen-bond donors (Lipinski definition) is 0. The van der Waals surface area contributed by atoms with E-state index in [9.17, 15) is 18.0 Å². The Bertz CT molecular complexity index is 715. The molecule has 21 heavy (non-hydrogen) atoms. The topological polar surface area (TPSA) is 30.0 Å². The van der Waals surface area contributed by atoms with Crippen LogP contribution >= 0.6 is 0 Å². The van der Waals surface area contributed by atoms with Crippen molar-refractivity contribution in [3.8, 4) is 0 Å². The van der Waals surface area contributed by atoms with Gasteiger partial charge in [0, 0.05) is 6.20 Å². The molecule has 0 radical (unpaired) electrons. The highest BCUT2D eigenvalue weighted by Gasteiger charge is 2.31. The minimum atomic E-state index is -1.61. The smallest absolute Gasteiger partial charge is 0.195 e. The van der Waals surface area contributed by atoms with E-state index in [-0.39, 0.29) is 0 Å². The molecule has 1 atom stereocenters. The Hall–Kier alpha value is -2.17. The zero-order valence-electron chi connectivity index (χ0n) is 11.1. The van der Waals surface area contributed by atoms with Crippen molar-refractivity contribution in [3.05, 3.63) is 64.7 Å². The fourth-order valence-electron chi connectivity index (χ4n) is 2.77. The average Bonchev–Trinajstić information content (AvgIpc) is 2.51. The molecule has 0 amide bonds. The van der Waals surface area contributed by atoms with Gasteiger partial charge in [0.15, 0.2) is 23.2 Å². The molecule has 0 spiro atoms. The summed E-state index contributed by atoms with van der Waals surface area (Å²) >= 11 is 0. The first kappa shape index (κ1) is 13.8. The van der Waals surface area contributed by atoms with E-state index >= 15 is 0 Å². The zero-order valence-corrected chi connectivity index (χ0v) is 11.1. The number of Topliss-reactive ketones (excluding diaryl/α,β-unsaturated/α-hetero) is 1. The lowest BCUT2D eigenvalue weighted by atomic mass is 9.82. The third-order valence-corrected chi connectivity index (χ3v) is 3.81. The number of rotatable bonds is 2. The first-order valence-electron chi connectivity index (χ1n) is 6.71. The van der Waals surface area contributed by atoms with Crippen LogP contribution in [0.3, 0.4) is 0 Å². The normalized spacial score (nSPS) is 17.4. The summed E-state index contributed by atoms with van der Waals surface area (Å²) in [4.78, 5) is 16.7. The number of nitrogens with zero attached hydrogens (tertiary/aromatic N) is 1. The van der Waals surface area contributed by atoms with Gasteiger partial charge < -0.3 is 0 Å².